The molecule has 0 spiro atoms. The Bertz CT molecular complexity index is 1080. The molecule has 4 rings (SSSR count). The van der Waals surface area contributed by atoms with Gasteiger partial charge in [-0.15, -0.1) is 0 Å². The molecule has 1 fully saturated rings. The number of aromatic nitrogens is 2. The molecule has 0 unspecified atom stereocenters. The molecule has 1 aliphatic heterocycles. The lowest BCUT2D eigenvalue weighted by Gasteiger charge is -2.29. The number of carbonyl (C=O) groups excluding carboxylic acids is 3. The van der Waals surface area contributed by atoms with Crippen molar-refractivity contribution in [2.24, 2.45) is 5.92 Å². The molecular weight excluding hydrogens is 426 g/mol. The van der Waals surface area contributed by atoms with Gasteiger partial charge in [0.2, 0.25) is 17.7 Å². The summed E-state index contributed by atoms with van der Waals surface area (Å²) in [6, 6.07) is -1.43. The van der Waals surface area contributed by atoms with Crippen molar-refractivity contribution in [1.82, 2.24) is 19.6 Å². The summed E-state index contributed by atoms with van der Waals surface area (Å²) in [5.41, 5.74) is 1.86. The summed E-state index contributed by atoms with van der Waals surface area (Å²) >= 11 is 0. The summed E-state index contributed by atoms with van der Waals surface area (Å²) in [6.45, 7) is 4.10. The highest BCUT2D eigenvalue weighted by molar-refractivity contribution is 5.98. The number of ether oxygens (including phenoxy) is 1. The van der Waals surface area contributed by atoms with E-state index in [0.29, 0.717) is 25.2 Å². The first kappa shape index (κ1) is 22.6. The van der Waals surface area contributed by atoms with E-state index in [9.17, 15) is 14.4 Å². The number of fused-ring (bicyclic) bond motifs is 1. The SMILES string of the molecule is COC(=O)N[C@H](C(=O)N1CCC[C@H]1C(=O)Nc1cn2cc(C3=CCCC=C3)nc2o1)C(C)C. The fourth-order valence-electron chi connectivity index (χ4n) is 4.18. The highest BCUT2D eigenvalue weighted by Crippen LogP contribution is 2.25. The van der Waals surface area contributed by atoms with Gasteiger partial charge in [0.1, 0.15) is 12.1 Å². The predicted molar refractivity (Wildman–Crippen MR) is 121 cm³/mol. The monoisotopic (exact) mass is 455 g/mol. The molecule has 0 bridgehead atoms. The van der Waals surface area contributed by atoms with Crippen molar-refractivity contribution in [3.05, 3.63) is 36.3 Å². The molecule has 10 nitrogen and oxygen atoms in total. The molecular formula is C23H29N5O5. The number of hydrogen-bond donors (Lipinski definition) is 2. The van der Waals surface area contributed by atoms with Crippen LogP contribution in [0.3, 0.4) is 0 Å². The second-order valence-corrected chi connectivity index (χ2v) is 8.59. The summed E-state index contributed by atoms with van der Waals surface area (Å²) in [6.07, 6.45) is 12.4. The number of allylic oxidation sites excluding steroid dienone is 4. The lowest BCUT2D eigenvalue weighted by molar-refractivity contribution is -0.139. The van der Waals surface area contributed by atoms with Gasteiger partial charge in [-0.25, -0.2) is 4.79 Å². The molecule has 2 aliphatic rings. The zero-order valence-electron chi connectivity index (χ0n) is 19.0. The van der Waals surface area contributed by atoms with Gasteiger partial charge in [0.25, 0.3) is 0 Å². The Balaban J connectivity index is 1.44. The quantitative estimate of drug-likeness (QED) is 0.691. The molecule has 10 heteroatoms. The first-order valence-electron chi connectivity index (χ1n) is 11.2. The van der Waals surface area contributed by atoms with Crippen molar-refractivity contribution >= 4 is 35.2 Å². The number of hydrogen-bond acceptors (Lipinski definition) is 6. The average Bonchev–Trinajstić information content (AvgIpc) is 3.52. The number of imidazole rings is 1. The Morgan fingerprint density at radius 1 is 1.24 bits per heavy atom. The zero-order chi connectivity index (χ0) is 23.5. The van der Waals surface area contributed by atoms with E-state index in [4.69, 9.17) is 4.42 Å². The van der Waals surface area contributed by atoms with E-state index in [1.54, 1.807) is 10.6 Å². The molecule has 1 aliphatic carbocycles. The number of likely N-dealkylation sites (tertiary alicyclic amines) is 1. The van der Waals surface area contributed by atoms with Crippen molar-refractivity contribution in [3.63, 3.8) is 0 Å². The van der Waals surface area contributed by atoms with E-state index in [-0.39, 0.29) is 23.6 Å². The Hall–Kier alpha value is -3.56. The minimum absolute atomic E-state index is 0.165. The number of rotatable bonds is 6. The first-order chi connectivity index (χ1) is 15.9. The third-order valence-electron chi connectivity index (χ3n) is 5.92. The topological polar surface area (TPSA) is 118 Å². The fourth-order valence-corrected chi connectivity index (χ4v) is 4.18. The minimum Gasteiger partial charge on any atom is -0.453 e. The maximum atomic E-state index is 13.1. The second kappa shape index (κ2) is 9.51. The number of methoxy groups -OCH3 is 1. The Kier molecular flexibility index (Phi) is 6.52. The van der Waals surface area contributed by atoms with Gasteiger partial charge < -0.3 is 19.4 Å². The zero-order valence-corrected chi connectivity index (χ0v) is 19.0. The summed E-state index contributed by atoms with van der Waals surface area (Å²) < 4.78 is 12.1. The number of anilines is 1. The number of alkyl carbamates (subject to hydrolysis) is 1. The second-order valence-electron chi connectivity index (χ2n) is 8.59. The largest absolute Gasteiger partial charge is 0.453 e. The van der Waals surface area contributed by atoms with E-state index in [0.717, 1.165) is 24.1 Å². The molecule has 33 heavy (non-hydrogen) atoms. The van der Waals surface area contributed by atoms with Crippen LogP contribution in [-0.4, -0.2) is 57.9 Å². The minimum atomic E-state index is -0.778. The van der Waals surface area contributed by atoms with E-state index >= 15 is 0 Å². The van der Waals surface area contributed by atoms with Gasteiger partial charge >= 0.3 is 11.9 Å². The highest BCUT2D eigenvalue weighted by atomic mass is 16.5. The number of nitrogens with one attached hydrogen (secondary N) is 2. The first-order valence-corrected chi connectivity index (χ1v) is 11.2. The van der Waals surface area contributed by atoms with E-state index in [1.165, 1.54) is 12.0 Å². The summed E-state index contributed by atoms with van der Waals surface area (Å²) in [4.78, 5) is 43.8. The van der Waals surface area contributed by atoms with Gasteiger partial charge in [0.05, 0.1) is 19.0 Å². The smallest absolute Gasteiger partial charge is 0.407 e. The standard InChI is InChI=1S/C23H29N5O5/c1-14(2)19(26-23(31)32-3)21(30)28-11-7-10-17(28)20(29)25-18-13-27-12-16(24-22(27)33-18)15-8-5-4-6-9-15/h5,8-9,12-14,17,19H,4,6-7,10-11H2,1-3H3,(H,25,29)(H,26,31)/t17-,19-/m0/s1. The molecule has 2 aromatic rings. The van der Waals surface area contributed by atoms with Crippen LogP contribution < -0.4 is 10.6 Å². The van der Waals surface area contributed by atoms with Crippen molar-refractivity contribution in [3.8, 4) is 0 Å². The fraction of sp³-hybridized carbons (Fsp3) is 0.478. The predicted octanol–water partition coefficient (Wildman–Crippen LogP) is 2.97. The number of amides is 3. The van der Waals surface area contributed by atoms with E-state index < -0.39 is 18.2 Å². The molecule has 2 N–H and O–H groups in total. The van der Waals surface area contributed by atoms with Crippen molar-refractivity contribution < 1.29 is 23.5 Å². The highest BCUT2D eigenvalue weighted by Gasteiger charge is 2.39. The van der Waals surface area contributed by atoms with Crippen LogP contribution >= 0.6 is 0 Å². The van der Waals surface area contributed by atoms with Crippen LogP contribution in [0.2, 0.25) is 0 Å². The molecule has 2 atom stereocenters. The van der Waals surface area contributed by atoms with E-state index in [1.807, 2.05) is 26.1 Å². The number of oxazole rings is 1. The van der Waals surface area contributed by atoms with E-state index in [2.05, 4.69) is 32.5 Å². The lowest BCUT2D eigenvalue weighted by atomic mass is 10.0. The molecule has 0 saturated carbocycles. The molecule has 2 aromatic heterocycles. The normalized spacial score (nSPS) is 19.0. The van der Waals surface area contributed by atoms with Gasteiger partial charge in [-0.1, -0.05) is 32.1 Å². The molecule has 176 valence electrons. The van der Waals surface area contributed by atoms with Crippen LogP contribution in [0.15, 0.2) is 35.0 Å². The Morgan fingerprint density at radius 3 is 2.73 bits per heavy atom. The van der Waals surface area contributed by atoms with Crippen molar-refractivity contribution in [1.29, 1.82) is 0 Å². The molecule has 1 saturated heterocycles. The molecule has 0 aromatic carbocycles. The molecule has 3 amide bonds. The van der Waals surface area contributed by atoms with Crippen LogP contribution in [0.5, 0.6) is 0 Å². The van der Waals surface area contributed by atoms with Crippen molar-refractivity contribution in [2.75, 3.05) is 19.0 Å². The molecule has 3 heterocycles. The maximum absolute atomic E-state index is 13.1. The van der Waals surface area contributed by atoms with Crippen LogP contribution in [0, 0.1) is 5.92 Å². The number of nitrogens with zero attached hydrogens (tertiary/aromatic N) is 3. The number of carbonyl (C=O) groups is 3. The van der Waals surface area contributed by atoms with Crippen molar-refractivity contribution in [2.45, 2.75) is 51.6 Å². The van der Waals surface area contributed by atoms with Crippen LogP contribution in [0.4, 0.5) is 10.7 Å². The maximum Gasteiger partial charge on any atom is 0.407 e. The van der Waals surface area contributed by atoms with Crippen LogP contribution in [0.1, 0.15) is 45.2 Å². The van der Waals surface area contributed by atoms with Gasteiger partial charge in [0.15, 0.2) is 0 Å². The van der Waals surface area contributed by atoms with Gasteiger partial charge in [-0.2, -0.15) is 4.98 Å². The summed E-state index contributed by atoms with van der Waals surface area (Å²) in [5, 5.41) is 5.34. The van der Waals surface area contributed by atoms with Crippen LogP contribution in [-0.2, 0) is 14.3 Å². The Labute approximate surface area is 191 Å². The molecule has 0 radical (unpaired) electrons. The lowest BCUT2D eigenvalue weighted by Crippen LogP contribution is -2.54. The van der Waals surface area contributed by atoms with Gasteiger partial charge in [-0.3, -0.25) is 19.3 Å². The Morgan fingerprint density at radius 2 is 2.06 bits per heavy atom. The summed E-state index contributed by atoms with van der Waals surface area (Å²) in [7, 11) is 1.25. The third kappa shape index (κ3) is 4.79. The summed E-state index contributed by atoms with van der Waals surface area (Å²) in [5.74, 6) is -0.171. The van der Waals surface area contributed by atoms with Crippen LogP contribution in [0.25, 0.3) is 11.4 Å². The average molecular weight is 456 g/mol. The third-order valence-corrected chi connectivity index (χ3v) is 5.92. The van der Waals surface area contributed by atoms with Gasteiger partial charge in [-0.05, 0) is 37.2 Å². The van der Waals surface area contributed by atoms with Gasteiger partial charge in [0, 0.05) is 12.7 Å².